The predicted molar refractivity (Wildman–Crippen MR) is 120 cm³/mol. The highest BCUT2D eigenvalue weighted by molar-refractivity contribution is 6.03. The molecule has 0 unspecified atom stereocenters. The van der Waals surface area contributed by atoms with Crippen molar-refractivity contribution in [3.63, 3.8) is 0 Å². The summed E-state index contributed by atoms with van der Waals surface area (Å²) in [7, 11) is 0. The Morgan fingerprint density at radius 2 is 1.66 bits per heavy atom. The van der Waals surface area contributed by atoms with Gasteiger partial charge in [0.2, 0.25) is 6.10 Å². The van der Waals surface area contributed by atoms with Gasteiger partial charge in [0, 0.05) is 11.2 Å². The maximum absolute atomic E-state index is 13.8. The Morgan fingerprint density at radius 1 is 0.969 bits per heavy atom. The monoisotopic (exact) mass is 434 g/mol. The summed E-state index contributed by atoms with van der Waals surface area (Å²) in [4.78, 5) is 28.7. The fourth-order valence-electron chi connectivity index (χ4n) is 3.55. The summed E-state index contributed by atoms with van der Waals surface area (Å²) in [5.41, 5.74) is 0.0434. The van der Waals surface area contributed by atoms with Crippen molar-refractivity contribution in [2.24, 2.45) is 0 Å². The van der Waals surface area contributed by atoms with Crippen LogP contribution in [-0.2, 0) is 9.59 Å². The number of benzene rings is 2. The molecule has 1 aromatic heterocycles. The molecule has 2 aromatic carbocycles. The Balaban J connectivity index is 1.74. The lowest BCUT2D eigenvalue weighted by Crippen LogP contribution is -2.53. The fourth-order valence-corrected chi connectivity index (χ4v) is 3.55. The van der Waals surface area contributed by atoms with Crippen LogP contribution < -0.4 is 19.7 Å². The largest absolute Gasteiger partial charge is 0.485 e. The zero-order chi connectivity index (χ0) is 22.7. The second-order valence-electron chi connectivity index (χ2n) is 8.57. The molecule has 3 aromatic rings. The number of fused-ring (bicyclic) bond motifs is 1. The molecule has 0 radical (unpaired) electrons. The van der Waals surface area contributed by atoms with Crippen molar-refractivity contribution in [3.05, 3.63) is 78.8 Å². The van der Waals surface area contributed by atoms with E-state index < -0.39 is 23.6 Å². The zero-order valence-electron chi connectivity index (χ0n) is 18.3. The lowest BCUT2D eigenvalue weighted by atomic mass is 10.0. The summed E-state index contributed by atoms with van der Waals surface area (Å²) in [5, 5.41) is 2.97. The second-order valence-corrected chi connectivity index (χ2v) is 8.57. The third kappa shape index (κ3) is 4.61. The van der Waals surface area contributed by atoms with Crippen LogP contribution in [0.3, 0.4) is 0 Å². The van der Waals surface area contributed by atoms with Gasteiger partial charge in [-0.25, -0.2) is 0 Å². The molecule has 32 heavy (non-hydrogen) atoms. The molecule has 1 aliphatic heterocycles. The van der Waals surface area contributed by atoms with Crippen LogP contribution in [0.25, 0.3) is 0 Å². The van der Waals surface area contributed by atoms with E-state index in [1.54, 1.807) is 36.4 Å². The third-order valence-electron chi connectivity index (χ3n) is 4.87. The molecular weight excluding hydrogens is 408 g/mol. The highest BCUT2D eigenvalue weighted by Gasteiger charge is 2.41. The van der Waals surface area contributed by atoms with Crippen LogP contribution in [0.5, 0.6) is 11.5 Å². The van der Waals surface area contributed by atoms with E-state index in [9.17, 15) is 9.59 Å². The molecule has 0 saturated heterocycles. The van der Waals surface area contributed by atoms with Crippen LogP contribution in [0.1, 0.15) is 32.6 Å². The number of carbonyl (C=O) groups is 2. The summed E-state index contributed by atoms with van der Waals surface area (Å²) < 4.78 is 17.3. The van der Waals surface area contributed by atoms with Crippen molar-refractivity contribution in [2.75, 3.05) is 11.5 Å². The summed E-state index contributed by atoms with van der Waals surface area (Å²) in [5.74, 6) is 0.647. The number of anilines is 1. The van der Waals surface area contributed by atoms with Gasteiger partial charge >= 0.3 is 0 Å². The van der Waals surface area contributed by atoms with Crippen LogP contribution in [-0.4, -0.2) is 30.1 Å². The molecule has 1 aliphatic rings. The topological polar surface area (TPSA) is 81.0 Å². The predicted octanol–water partition coefficient (Wildman–Crippen LogP) is 4.11. The van der Waals surface area contributed by atoms with Crippen molar-refractivity contribution in [2.45, 2.75) is 38.5 Å². The molecule has 0 spiro atoms. The van der Waals surface area contributed by atoms with Crippen LogP contribution in [0, 0.1) is 0 Å². The first-order valence-electron chi connectivity index (χ1n) is 10.5. The molecule has 2 atom stereocenters. The van der Waals surface area contributed by atoms with Gasteiger partial charge in [0.1, 0.15) is 12.4 Å². The molecular formula is C25H26N2O5. The standard InChI is InChI=1S/C25H26N2O5/c1-25(2,3)26-23(28)22(20-14-9-15-30-20)27(17-10-5-4-6-11-17)24(29)21-16-31-18-12-7-8-13-19(18)32-21/h4-15,21-22H,16H2,1-3H3,(H,26,28)/t21-,22+/m0/s1. The minimum absolute atomic E-state index is 0.0327. The van der Waals surface area contributed by atoms with Gasteiger partial charge in [-0.1, -0.05) is 30.3 Å². The quantitative estimate of drug-likeness (QED) is 0.654. The highest BCUT2D eigenvalue weighted by Crippen LogP contribution is 2.34. The number of ether oxygens (including phenoxy) is 2. The summed E-state index contributed by atoms with van der Waals surface area (Å²) in [6, 6.07) is 18.5. The lowest BCUT2D eigenvalue weighted by Gasteiger charge is -2.35. The van der Waals surface area contributed by atoms with E-state index in [-0.39, 0.29) is 12.5 Å². The average molecular weight is 434 g/mol. The molecule has 2 amide bonds. The first-order chi connectivity index (χ1) is 15.3. The third-order valence-corrected chi connectivity index (χ3v) is 4.87. The summed E-state index contributed by atoms with van der Waals surface area (Å²) >= 11 is 0. The molecule has 7 heteroatoms. The van der Waals surface area contributed by atoms with E-state index >= 15 is 0 Å². The Morgan fingerprint density at radius 3 is 2.31 bits per heavy atom. The van der Waals surface area contributed by atoms with Crippen LogP contribution in [0.15, 0.2) is 77.4 Å². The molecule has 0 aliphatic carbocycles. The molecule has 0 bridgehead atoms. The van der Waals surface area contributed by atoms with Gasteiger partial charge in [0.15, 0.2) is 17.5 Å². The lowest BCUT2D eigenvalue weighted by molar-refractivity contribution is -0.132. The van der Waals surface area contributed by atoms with Gasteiger partial charge in [0.05, 0.1) is 6.26 Å². The van der Waals surface area contributed by atoms with Gasteiger partial charge in [0.25, 0.3) is 11.8 Å². The number of hydrogen-bond donors (Lipinski definition) is 1. The minimum Gasteiger partial charge on any atom is -0.485 e. The summed E-state index contributed by atoms with van der Waals surface area (Å²) in [6.45, 7) is 5.68. The number of hydrogen-bond acceptors (Lipinski definition) is 5. The number of para-hydroxylation sites is 3. The maximum atomic E-state index is 13.8. The van der Waals surface area contributed by atoms with Crippen molar-refractivity contribution in [1.82, 2.24) is 5.32 Å². The zero-order valence-corrected chi connectivity index (χ0v) is 18.3. The van der Waals surface area contributed by atoms with Gasteiger partial charge in [-0.2, -0.15) is 0 Å². The number of carbonyl (C=O) groups excluding carboxylic acids is 2. The van der Waals surface area contributed by atoms with E-state index in [2.05, 4.69) is 5.32 Å². The number of rotatable bonds is 5. The molecule has 1 N–H and O–H groups in total. The summed E-state index contributed by atoms with van der Waals surface area (Å²) in [6.07, 6.45) is 0.557. The van der Waals surface area contributed by atoms with E-state index in [0.717, 1.165) is 0 Å². The first-order valence-corrected chi connectivity index (χ1v) is 10.5. The SMILES string of the molecule is CC(C)(C)NC(=O)[C@@H](c1ccco1)N(C(=O)[C@@H]1COc2ccccc2O1)c1ccccc1. The van der Waals surface area contributed by atoms with Crippen molar-refractivity contribution in [3.8, 4) is 11.5 Å². The highest BCUT2D eigenvalue weighted by atomic mass is 16.6. The second kappa shape index (κ2) is 8.78. The Kier molecular flexibility index (Phi) is 5.90. The molecule has 2 heterocycles. The average Bonchev–Trinajstić information content (AvgIpc) is 3.30. The van der Waals surface area contributed by atoms with Gasteiger partial charge in [-0.3, -0.25) is 14.5 Å². The van der Waals surface area contributed by atoms with Crippen LogP contribution in [0.4, 0.5) is 5.69 Å². The number of nitrogens with zero attached hydrogens (tertiary/aromatic N) is 1. The maximum Gasteiger partial charge on any atom is 0.272 e. The van der Waals surface area contributed by atoms with Gasteiger partial charge < -0.3 is 19.2 Å². The van der Waals surface area contributed by atoms with Crippen LogP contribution >= 0.6 is 0 Å². The van der Waals surface area contributed by atoms with E-state index in [4.69, 9.17) is 13.9 Å². The fraction of sp³-hybridized carbons (Fsp3) is 0.280. The molecule has 0 saturated carbocycles. The number of nitrogens with one attached hydrogen (secondary N) is 1. The number of furan rings is 1. The van der Waals surface area contributed by atoms with Crippen LogP contribution in [0.2, 0.25) is 0 Å². The Labute approximate surface area is 186 Å². The molecule has 0 fully saturated rings. The van der Waals surface area contributed by atoms with Crippen molar-refractivity contribution >= 4 is 17.5 Å². The first kappa shape index (κ1) is 21.5. The van der Waals surface area contributed by atoms with Crippen molar-refractivity contribution < 1.29 is 23.5 Å². The smallest absolute Gasteiger partial charge is 0.272 e. The van der Waals surface area contributed by atoms with E-state index in [0.29, 0.717) is 22.9 Å². The van der Waals surface area contributed by atoms with Gasteiger partial charge in [-0.05, 0) is 57.2 Å². The Bertz CT molecular complexity index is 1070. The van der Waals surface area contributed by atoms with Crippen molar-refractivity contribution in [1.29, 1.82) is 0 Å². The molecule has 7 nitrogen and oxygen atoms in total. The van der Waals surface area contributed by atoms with E-state index in [1.165, 1.54) is 11.2 Å². The molecule has 166 valence electrons. The normalized spacial score (nSPS) is 16.2. The molecule has 4 rings (SSSR count). The van der Waals surface area contributed by atoms with Gasteiger partial charge in [-0.15, -0.1) is 0 Å². The minimum atomic E-state index is -1.03. The van der Waals surface area contributed by atoms with E-state index in [1.807, 2.05) is 51.1 Å². The number of amides is 2. The Hall–Kier alpha value is -3.74.